The van der Waals surface area contributed by atoms with Crippen LogP contribution in [0.2, 0.25) is 0 Å². The minimum atomic E-state index is -0.263. The van der Waals surface area contributed by atoms with Gasteiger partial charge in [0, 0.05) is 49.8 Å². The minimum absolute atomic E-state index is 0.0481. The maximum absolute atomic E-state index is 4.68. The third-order valence-electron chi connectivity index (χ3n) is 16.4. The number of hydrogen-bond acceptors (Lipinski definition) is 0. The Kier molecular flexibility index (Phi) is 10.1. The van der Waals surface area contributed by atoms with E-state index in [-0.39, 0.29) is 16.7 Å². The lowest BCUT2D eigenvalue weighted by Crippen LogP contribution is -2.22. The van der Waals surface area contributed by atoms with Crippen molar-refractivity contribution in [2.75, 3.05) is 0 Å². The third-order valence-corrected chi connectivity index (χ3v) is 16.4. The molecule has 0 fully saturated rings. The molecule has 344 valence electrons. The largest absolute Gasteiger partial charge is 0.309 e. The fourth-order valence-electron chi connectivity index (χ4n) is 12.4. The molecular formula is C69H58N2. The van der Waals surface area contributed by atoms with Crippen molar-refractivity contribution in [3.8, 4) is 22.5 Å². The summed E-state index contributed by atoms with van der Waals surface area (Å²) in [6.45, 7) is 14.3. The molecule has 5 aliphatic carbocycles. The molecule has 2 nitrogen and oxygen atoms in total. The van der Waals surface area contributed by atoms with E-state index in [9.17, 15) is 0 Å². The van der Waals surface area contributed by atoms with Crippen LogP contribution in [0.4, 0.5) is 0 Å². The van der Waals surface area contributed by atoms with Crippen molar-refractivity contribution in [3.05, 3.63) is 257 Å². The van der Waals surface area contributed by atoms with Gasteiger partial charge >= 0.3 is 0 Å². The van der Waals surface area contributed by atoms with Gasteiger partial charge in [-0.25, -0.2) is 0 Å². The normalized spacial score (nSPS) is 20.0. The molecule has 0 bridgehead atoms. The van der Waals surface area contributed by atoms with Crippen LogP contribution < -0.4 is 0 Å². The zero-order valence-corrected chi connectivity index (χ0v) is 41.2. The zero-order chi connectivity index (χ0) is 48.0. The summed E-state index contributed by atoms with van der Waals surface area (Å²) >= 11 is 0. The summed E-state index contributed by atoms with van der Waals surface area (Å²) in [4.78, 5) is 0. The first-order valence-electron chi connectivity index (χ1n) is 25.6. The van der Waals surface area contributed by atoms with Crippen molar-refractivity contribution >= 4 is 61.6 Å². The molecule has 1 unspecified atom stereocenters. The summed E-state index contributed by atoms with van der Waals surface area (Å²) in [5.41, 5.74) is 23.9. The highest BCUT2D eigenvalue weighted by atomic mass is 15.0. The SMILES string of the molecule is C=C1/C=C\C=C(\c2ccc(-n3c4ccccc4c4cc(-c5ccc6c(c5)c5c(n6-c6ccccc6)C=CCC=C5)ccc43)cc2)CC2=C(C=C3c4ccc(C5=CCCC=C5)cc4C(C)(C)C3C=C2)C1(C)C. The average Bonchev–Trinajstić information content (AvgIpc) is 3.78. The lowest BCUT2D eigenvalue weighted by atomic mass is 9.74. The molecule has 1 atom stereocenters. The van der Waals surface area contributed by atoms with Gasteiger partial charge in [0.2, 0.25) is 0 Å². The van der Waals surface area contributed by atoms with Crippen LogP contribution in [0.5, 0.6) is 0 Å². The fraction of sp³-hybridized carbons (Fsp3) is 0.159. The van der Waals surface area contributed by atoms with Gasteiger partial charge < -0.3 is 9.13 Å². The molecule has 0 spiro atoms. The Morgan fingerprint density at radius 3 is 2.08 bits per heavy atom. The summed E-state index contributed by atoms with van der Waals surface area (Å²) < 4.78 is 4.84. The topological polar surface area (TPSA) is 9.86 Å². The summed E-state index contributed by atoms with van der Waals surface area (Å²) in [7, 11) is 0. The number of nitrogens with zero attached hydrogens (tertiary/aromatic N) is 2. The van der Waals surface area contributed by atoms with Crippen molar-refractivity contribution in [1.82, 2.24) is 9.13 Å². The number of rotatable bonds is 5. The Balaban J connectivity index is 0.858. The second kappa shape index (κ2) is 16.6. The Bertz CT molecular complexity index is 3850. The molecule has 5 aliphatic rings. The van der Waals surface area contributed by atoms with E-state index in [0.29, 0.717) is 0 Å². The maximum Gasteiger partial charge on any atom is 0.0541 e. The van der Waals surface area contributed by atoms with E-state index < -0.39 is 0 Å². The summed E-state index contributed by atoms with van der Waals surface area (Å²) in [5.74, 6) is 0.272. The smallest absolute Gasteiger partial charge is 0.0541 e. The molecule has 2 aromatic heterocycles. The van der Waals surface area contributed by atoms with Crippen molar-refractivity contribution in [3.63, 3.8) is 0 Å². The van der Waals surface area contributed by atoms with Crippen LogP contribution in [0.25, 0.3) is 84.1 Å². The average molecular weight is 915 g/mol. The Morgan fingerprint density at radius 2 is 1.28 bits per heavy atom. The quantitative estimate of drug-likeness (QED) is 0.163. The van der Waals surface area contributed by atoms with Crippen molar-refractivity contribution in [2.24, 2.45) is 11.3 Å². The number of hydrogen-bond donors (Lipinski definition) is 0. The molecular weight excluding hydrogens is 857 g/mol. The van der Waals surface area contributed by atoms with Gasteiger partial charge in [0.1, 0.15) is 0 Å². The van der Waals surface area contributed by atoms with E-state index in [1.807, 2.05) is 0 Å². The molecule has 0 amide bonds. The van der Waals surface area contributed by atoms with Gasteiger partial charge in [-0.1, -0.05) is 180 Å². The van der Waals surface area contributed by atoms with E-state index in [1.165, 1.54) is 111 Å². The zero-order valence-electron chi connectivity index (χ0n) is 41.2. The van der Waals surface area contributed by atoms with Crippen molar-refractivity contribution in [1.29, 1.82) is 0 Å². The molecule has 6 aromatic carbocycles. The highest BCUT2D eigenvalue weighted by Gasteiger charge is 2.43. The predicted octanol–water partition coefficient (Wildman–Crippen LogP) is 18.3. The number of fused-ring (bicyclic) bond motifs is 9. The Morgan fingerprint density at radius 1 is 0.577 bits per heavy atom. The van der Waals surface area contributed by atoms with Crippen molar-refractivity contribution < 1.29 is 0 Å². The first-order valence-corrected chi connectivity index (χ1v) is 25.6. The molecule has 2 heteroatoms. The highest BCUT2D eigenvalue weighted by molar-refractivity contribution is 6.11. The number of aromatic nitrogens is 2. The summed E-state index contributed by atoms with van der Waals surface area (Å²) in [6, 6.07) is 50.1. The first-order chi connectivity index (χ1) is 34.6. The van der Waals surface area contributed by atoms with Crippen LogP contribution in [0, 0.1) is 11.3 Å². The molecule has 71 heavy (non-hydrogen) atoms. The second-order valence-corrected chi connectivity index (χ2v) is 21.2. The Hall–Kier alpha value is -7.94. The van der Waals surface area contributed by atoms with E-state index in [1.54, 1.807) is 0 Å². The van der Waals surface area contributed by atoms with E-state index >= 15 is 0 Å². The molecule has 13 rings (SSSR count). The van der Waals surface area contributed by atoms with Gasteiger partial charge in [0.05, 0.1) is 22.2 Å². The summed E-state index contributed by atoms with van der Waals surface area (Å²) in [5, 5.41) is 3.77. The van der Waals surface area contributed by atoms with Crippen LogP contribution in [-0.4, -0.2) is 9.13 Å². The van der Waals surface area contributed by atoms with Gasteiger partial charge in [-0.3, -0.25) is 0 Å². The maximum atomic E-state index is 4.68. The third kappa shape index (κ3) is 6.98. The number of para-hydroxylation sites is 2. The lowest BCUT2D eigenvalue weighted by Gasteiger charge is -2.30. The van der Waals surface area contributed by atoms with Crippen LogP contribution in [-0.2, 0) is 5.41 Å². The van der Waals surface area contributed by atoms with Gasteiger partial charge in [-0.15, -0.1) is 0 Å². The van der Waals surface area contributed by atoms with E-state index in [0.717, 1.165) is 36.9 Å². The standard InChI is InChI=1S/C69H58N2/c1-45-18-17-21-48(40-52-31-37-61-58(44-62(52)68(45,2)3)55-36-30-51(43-63(55)69(61,4)5)46-19-9-6-10-20-46)47-28-34-54(35-29-47)71-65-27-16-15-25-57(65)60-42-50(33-39-67(60)71)49-32-38-66-59(41-49)56-24-13-8-14-26-64(56)70(66)53-22-11-7-12-23-53/h7,9,11-39,41-44,61H,1,6,8,10,40H2,2-5H3/b18-17-,48-21+. The molecule has 2 heterocycles. The second-order valence-electron chi connectivity index (χ2n) is 21.2. The number of allylic oxidation sites excluding steroid dienone is 17. The lowest BCUT2D eigenvalue weighted by molar-refractivity contribution is 0.477. The highest BCUT2D eigenvalue weighted by Crippen LogP contribution is 2.55. The Labute approximate surface area is 418 Å². The van der Waals surface area contributed by atoms with Crippen LogP contribution in [0.1, 0.15) is 86.9 Å². The molecule has 8 aromatic rings. The van der Waals surface area contributed by atoms with E-state index in [2.05, 4.69) is 256 Å². The van der Waals surface area contributed by atoms with Gasteiger partial charge in [0.25, 0.3) is 0 Å². The van der Waals surface area contributed by atoms with Crippen LogP contribution >= 0.6 is 0 Å². The molecule has 0 saturated heterocycles. The predicted molar refractivity (Wildman–Crippen MR) is 304 cm³/mol. The van der Waals surface area contributed by atoms with E-state index in [4.69, 9.17) is 0 Å². The minimum Gasteiger partial charge on any atom is -0.309 e. The number of benzene rings is 6. The summed E-state index contributed by atoms with van der Waals surface area (Å²) in [6.07, 6.45) is 34.4. The molecule has 0 N–H and O–H groups in total. The molecule has 0 saturated carbocycles. The molecule has 0 aliphatic heterocycles. The van der Waals surface area contributed by atoms with Crippen molar-refractivity contribution in [2.45, 2.75) is 58.8 Å². The van der Waals surface area contributed by atoms with Gasteiger partial charge in [-0.05, 0) is 159 Å². The monoisotopic (exact) mass is 914 g/mol. The fourth-order valence-corrected chi connectivity index (χ4v) is 12.4. The van der Waals surface area contributed by atoms with Gasteiger partial charge in [-0.2, -0.15) is 0 Å². The van der Waals surface area contributed by atoms with Crippen LogP contribution in [0.3, 0.4) is 0 Å². The molecule has 0 radical (unpaired) electrons. The van der Waals surface area contributed by atoms with Gasteiger partial charge in [0.15, 0.2) is 0 Å². The van der Waals surface area contributed by atoms with Crippen LogP contribution in [0.15, 0.2) is 224 Å². The first kappa shape index (κ1) is 43.1.